The molecule has 5 saturated carbocycles. The van der Waals surface area contributed by atoms with Gasteiger partial charge in [0.25, 0.3) is 0 Å². The van der Waals surface area contributed by atoms with Crippen LogP contribution in [0.4, 0.5) is 0 Å². The first-order valence-electron chi connectivity index (χ1n) is 14.2. The van der Waals surface area contributed by atoms with Gasteiger partial charge in [0.2, 0.25) is 0 Å². The Morgan fingerprint density at radius 1 is 0.818 bits per heavy atom. The van der Waals surface area contributed by atoms with Crippen LogP contribution in [0.3, 0.4) is 0 Å². The lowest BCUT2D eigenvalue weighted by Crippen LogP contribution is -2.72. The minimum Gasteiger partial charge on any atom is -0.458 e. The van der Waals surface area contributed by atoms with Gasteiger partial charge in [-0.3, -0.25) is 4.79 Å². The predicted octanol–water partition coefficient (Wildman–Crippen LogP) is 6.76. The molecule has 3 heteroatoms. The Bertz CT molecular complexity index is 880. The molecule has 1 aliphatic heterocycles. The SMILES string of the molecule is C[C@H]1[C@H](C)CC[C@@]23CC[C@]4(C)[C@@](CC[C@@H]5[C@@]6(C)CC[C@H](O)C(C)(C)[C@@H]6CC[C@]54C)(OC2=O)[C@H]13. The standard InChI is InChI=1S/C30H48O3/c1-18-8-14-29-17-16-28(7)27(6)13-9-20-25(3,4)22(31)11-12-26(20,5)21(27)10-15-30(28,33-24(29)32)23(29)19(18)2/h18-23,31H,8-17H2,1-7H3/t18-,19+,20+,21-,22+,23-,26+,27-,28+,29+,30+/m1/s1. The number of carbonyl (C=O) groups excluding carboxylic acids is 1. The number of aliphatic hydroxyl groups is 1. The molecule has 11 atom stereocenters. The van der Waals surface area contributed by atoms with Crippen molar-refractivity contribution in [2.75, 3.05) is 0 Å². The van der Waals surface area contributed by atoms with E-state index in [2.05, 4.69) is 48.5 Å². The fourth-order valence-electron chi connectivity index (χ4n) is 12.1. The third-order valence-electron chi connectivity index (χ3n) is 14.3. The van der Waals surface area contributed by atoms with Gasteiger partial charge in [-0.1, -0.05) is 48.5 Å². The van der Waals surface area contributed by atoms with E-state index in [4.69, 9.17) is 4.74 Å². The molecule has 186 valence electrons. The third-order valence-corrected chi connectivity index (χ3v) is 14.3. The number of aliphatic hydroxyl groups excluding tert-OH is 1. The summed E-state index contributed by atoms with van der Waals surface area (Å²) in [5, 5.41) is 10.9. The average molecular weight is 457 g/mol. The summed E-state index contributed by atoms with van der Waals surface area (Å²) < 4.78 is 6.80. The summed E-state index contributed by atoms with van der Waals surface area (Å²) in [5.41, 5.74) is 0.0122. The third kappa shape index (κ3) is 2.27. The molecule has 0 aromatic rings. The van der Waals surface area contributed by atoms with E-state index in [0.29, 0.717) is 29.6 Å². The lowest BCUT2D eigenvalue weighted by molar-refractivity contribution is -0.289. The van der Waals surface area contributed by atoms with E-state index >= 15 is 0 Å². The summed E-state index contributed by atoms with van der Waals surface area (Å²) in [6.07, 6.45) is 11.0. The fraction of sp³-hybridized carbons (Fsp3) is 0.967. The minimum absolute atomic E-state index is 0.0147. The molecule has 0 amide bonds. The zero-order valence-electron chi connectivity index (χ0n) is 22.3. The first-order valence-corrected chi connectivity index (χ1v) is 14.2. The molecule has 6 fully saturated rings. The predicted molar refractivity (Wildman–Crippen MR) is 130 cm³/mol. The summed E-state index contributed by atoms with van der Waals surface area (Å²) in [4.78, 5) is 13.7. The van der Waals surface area contributed by atoms with Crippen LogP contribution in [0.5, 0.6) is 0 Å². The van der Waals surface area contributed by atoms with Crippen LogP contribution in [0.15, 0.2) is 0 Å². The van der Waals surface area contributed by atoms with Crippen molar-refractivity contribution in [3.05, 3.63) is 0 Å². The molecule has 1 N–H and O–H groups in total. The van der Waals surface area contributed by atoms with Gasteiger partial charge >= 0.3 is 5.97 Å². The highest BCUT2D eigenvalue weighted by Gasteiger charge is 2.81. The van der Waals surface area contributed by atoms with Crippen molar-refractivity contribution in [1.82, 2.24) is 0 Å². The van der Waals surface area contributed by atoms with Crippen LogP contribution >= 0.6 is 0 Å². The molecule has 0 unspecified atom stereocenters. The molecule has 1 heterocycles. The second-order valence-corrected chi connectivity index (χ2v) is 15.1. The Balaban J connectivity index is 1.47. The summed E-state index contributed by atoms with van der Waals surface area (Å²) in [6.45, 7) is 17.2. The number of hydrogen-bond donors (Lipinski definition) is 1. The molecule has 6 rings (SSSR count). The molecule has 2 bridgehead atoms. The van der Waals surface area contributed by atoms with Crippen molar-refractivity contribution < 1.29 is 14.6 Å². The first kappa shape index (κ1) is 22.9. The number of rotatable bonds is 0. The topological polar surface area (TPSA) is 46.5 Å². The van der Waals surface area contributed by atoms with Gasteiger partial charge in [0, 0.05) is 11.3 Å². The Labute approximate surface area is 201 Å². The van der Waals surface area contributed by atoms with Crippen LogP contribution in [0.2, 0.25) is 0 Å². The van der Waals surface area contributed by atoms with Crippen molar-refractivity contribution in [1.29, 1.82) is 0 Å². The van der Waals surface area contributed by atoms with Gasteiger partial charge in [-0.25, -0.2) is 0 Å². The molecule has 5 aliphatic carbocycles. The van der Waals surface area contributed by atoms with Gasteiger partial charge in [-0.2, -0.15) is 0 Å². The van der Waals surface area contributed by atoms with Crippen molar-refractivity contribution >= 4 is 5.97 Å². The van der Waals surface area contributed by atoms with Gasteiger partial charge in [0.15, 0.2) is 0 Å². The van der Waals surface area contributed by atoms with Gasteiger partial charge < -0.3 is 9.84 Å². The summed E-state index contributed by atoms with van der Waals surface area (Å²) in [6, 6.07) is 0. The summed E-state index contributed by atoms with van der Waals surface area (Å²) in [7, 11) is 0. The van der Waals surface area contributed by atoms with E-state index in [1.54, 1.807) is 0 Å². The van der Waals surface area contributed by atoms with Gasteiger partial charge in [-0.15, -0.1) is 0 Å². The Morgan fingerprint density at radius 2 is 1.52 bits per heavy atom. The highest BCUT2D eigenvalue weighted by atomic mass is 16.6. The Morgan fingerprint density at radius 3 is 2.24 bits per heavy atom. The highest BCUT2D eigenvalue weighted by molar-refractivity contribution is 5.82. The summed E-state index contributed by atoms with van der Waals surface area (Å²) in [5.74, 6) is 3.02. The monoisotopic (exact) mass is 456 g/mol. The van der Waals surface area contributed by atoms with Gasteiger partial charge in [-0.05, 0) is 104 Å². The van der Waals surface area contributed by atoms with Crippen LogP contribution in [0.1, 0.15) is 113 Å². The van der Waals surface area contributed by atoms with E-state index < -0.39 is 0 Å². The number of ether oxygens (including phenoxy) is 1. The van der Waals surface area contributed by atoms with E-state index in [-0.39, 0.29) is 44.7 Å². The molecule has 0 aromatic carbocycles. The van der Waals surface area contributed by atoms with E-state index in [9.17, 15) is 9.90 Å². The van der Waals surface area contributed by atoms with Crippen LogP contribution in [-0.4, -0.2) is 22.8 Å². The average Bonchev–Trinajstić information content (AvgIpc) is 2.95. The largest absolute Gasteiger partial charge is 0.458 e. The van der Waals surface area contributed by atoms with Gasteiger partial charge in [0.05, 0.1) is 11.5 Å². The minimum atomic E-state index is -0.269. The van der Waals surface area contributed by atoms with Crippen LogP contribution in [0.25, 0.3) is 0 Å². The Kier molecular flexibility index (Phi) is 4.44. The number of fused-ring (bicyclic) bond motifs is 4. The zero-order chi connectivity index (χ0) is 23.8. The Hall–Kier alpha value is -0.570. The lowest BCUT2D eigenvalue weighted by atomic mass is 9.30. The van der Waals surface area contributed by atoms with Crippen LogP contribution in [0, 0.1) is 56.7 Å². The maximum atomic E-state index is 13.7. The molecule has 3 nitrogen and oxygen atoms in total. The number of carbonyl (C=O) groups is 1. The van der Waals surface area contributed by atoms with Crippen molar-refractivity contribution in [2.45, 2.75) is 124 Å². The second kappa shape index (κ2) is 6.40. The maximum absolute atomic E-state index is 13.7. The highest BCUT2D eigenvalue weighted by Crippen LogP contribution is 2.80. The quantitative estimate of drug-likeness (QED) is 0.409. The van der Waals surface area contributed by atoms with E-state index in [0.717, 1.165) is 38.5 Å². The van der Waals surface area contributed by atoms with Gasteiger partial charge in [0.1, 0.15) is 5.60 Å². The lowest BCUT2D eigenvalue weighted by Gasteiger charge is -2.74. The molecule has 0 radical (unpaired) electrons. The molecular weight excluding hydrogens is 408 g/mol. The van der Waals surface area contributed by atoms with E-state index in [1.165, 1.54) is 25.7 Å². The smallest absolute Gasteiger partial charge is 0.313 e. The molecule has 0 aromatic heterocycles. The van der Waals surface area contributed by atoms with Crippen molar-refractivity contribution in [3.63, 3.8) is 0 Å². The maximum Gasteiger partial charge on any atom is 0.313 e. The van der Waals surface area contributed by atoms with Crippen LogP contribution in [-0.2, 0) is 9.53 Å². The molecular formula is C30H48O3. The molecule has 33 heavy (non-hydrogen) atoms. The van der Waals surface area contributed by atoms with Crippen molar-refractivity contribution in [2.24, 2.45) is 56.7 Å². The zero-order valence-corrected chi connectivity index (χ0v) is 22.3. The molecule has 1 spiro atoms. The second-order valence-electron chi connectivity index (χ2n) is 15.1. The van der Waals surface area contributed by atoms with Crippen molar-refractivity contribution in [3.8, 4) is 0 Å². The normalized spacial score (nSPS) is 61.3. The molecule has 1 saturated heterocycles. The first-order chi connectivity index (χ1) is 15.3. The van der Waals surface area contributed by atoms with Crippen LogP contribution < -0.4 is 0 Å². The fourth-order valence-corrected chi connectivity index (χ4v) is 12.1. The molecule has 6 aliphatic rings. The number of hydrogen-bond acceptors (Lipinski definition) is 3. The van der Waals surface area contributed by atoms with E-state index in [1.807, 2.05) is 0 Å². The summed E-state index contributed by atoms with van der Waals surface area (Å²) >= 11 is 0. The number of esters is 1.